The highest BCUT2D eigenvalue weighted by Crippen LogP contribution is 2.29. The van der Waals surface area contributed by atoms with Crippen LogP contribution in [-0.2, 0) is 16.6 Å². The molecule has 7 heteroatoms. The molecule has 17 heavy (non-hydrogen) atoms. The molecule has 0 fully saturated rings. The maximum absolute atomic E-state index is 11.3. The number of nitrogens with zero attached hydrogens (tertiary/aromatic N) is 4. The Hall–Kier alpha value is -1.89. The van der Waals surface area contributed by atoms with Gasteiger partial charge in [-0.05, 0) is 6.92 Å². The smallest absolute Gasteiger partial charge is 0.325 e. The summed E-state index contributed by atoms with van der Waals surface area (Å²) in [5.41, 5.74) is 0.566. The zero-order chi connectivity index (χ0) is 12.4. The minimum atomic E-state index is -0.931. The number of fused-ring (bicyclic) bond motifs is 1. The molecule has 1 atom stereocenters. The van der Waals surface area contributed by atoms with E-state index in [-0.39, 0.29) is 6.54 Å². The van der Waals surface area contributed by atoms with Crippen LogP contribution in [0.1, 0.15) is 18.8 Å². The van der Waals surface area contributed by atoms with Crippen molar-refractivity contribution < 1.29 is 14.6 Å². The summed E-state index contributed by atoms with van der Waals surface area (Å²) in [6.45, 7) is 2.01. The average Bonchev–Trinajstić information content (AvgIpc) is 2.65. The first-order valence-corrected chi connectivity index (χ1v) is 5.28. The number of aromatic nitrogens is 2. The monoisotopic (exact) mass is 238 g/mol. The highest BCUT2D eigenvalue weighted by atomic mass is 16.5. The molecule has 1 aliphatic rings. The van der Waals surface area contributed by atoms with Crippen LogP contribution in [0.25, 0.3) is 0 Å². The van der Waals surface area contributed by atoms with Crippen LogP contribution < -0.4 is 0 Å². The summed E-state index contributed by atoms with van der Waals surface area (Å²) >= 11 is 0. The number of aryl methyl sites for hydroxylation is 1. The molecule has 2 rings (SSSR count). The third-order valence-corrected chi connectivity index (χ3v) is 2.47. The molecule has 0 radical (unpaired) electrons. The van der Waals surface area contributed by atoms with Crippen molar-refractivity contribution >= 4 is 18.1 Å². The Morgan fingerprint density at radius 2 is 2.41 bits per heavy atom. The molecule has 0 saturated heterocycles. The maximum atomic E-state index is 11.3. The minimum absolute atomic E-state index is 0.0386. The zero-order valence-corrected chi connectivity index (χ0v) is 9.70. The molecule has 1 aromatic heterocycles. The first-order chi connectivity index (χ1) is 8.13. The van der Waals surface area contributed by atoms with E-state index in [2.05, 4.69) is 9.98 Å². The molecule has 1 unspecified atom stereocenters. The van der Waals surface area contributed by atoms with Crippen molar-refractivity contribution in [3.8, 4) is 0 Å². The van der Waals surface area contributed by atoms with Gasteiger partial charge in [0, 0.05) is 7.05 Å². The number of rotatable bonds is 3. The molecule has 0 aliphatic carbocycles. The maximum Gasteiger partial charge on any atom is 0.325 e. The van der Waals surface area contributed by atoms with Crippen molar-refractivity contribution in [1.29, 1.82) is 0 Å². The van der Waals surface area contributed by atoms with Gasteiger partial charge in [-0.3, -0.25) is 4.79 Å². The van der Waals surface area contributed by atoms with E-state index in [4.69, 9.17) is 4.74 Å². The Labute approximate surface area is 98.3 Å². The van der Waals surface area contributed by atoms with Crippen molar-refractivity contribution in [1.82, 2.24) is 14.5 Å². The van der Waals surface area contributed by atoms with Crippen LogP contribution in [0.4, 0.5) is 5.82 Å². The van der Waals surface area contributed by atoms with Gasteiger partial charge in [-0.25, -0.2) is 9.98 Å². The van der Waals surface area contributed by atoms with Crippen LogP contribution in [0.5, 0.6) is 0 Å². The van der Waals surface area contributed by atoms with Crippen molar-refractivity contribution in [3.63, 3.8) is 0 Å². The van der Waals surface area contributed by atoms with E-state index in [0.29, 0.717) is 18.1 Å². The standard InChI is InChI=1S/C10H14N4O3/c1-3-17-7(15)4-14-6-12-9-8(10(14)16)13(2)5-11-9/h5-6,10,16H,3-4H2,1-2H3. The van der Waals surface area contributed by atoms with E-state index in [1.165, 1.54) is 11.2 Å². The number of hydrogen-bond donors (Lipinski definition) is 1. The summed E-state index contributed by atoms with van der Waals surface area (Å²) in [5.74, 6) is 0.0729. The molecule has 1 N–H and O–H groups in total. The topological polar surface area (TPSA) is 80.0 Å². The predicted octanol–water partition coefficient (Wildman–Crippen LogP) is -0.0505. The van der Waals surface area contributed by atoms with Gasteiger partial charge in [0.15, 0.2) is 12.0 Å². The third-order valence-electron chi connectivity index (χ3n) is 2.47. The molecule has 0 saturated carbocycles. The number of carbonyl (C=O) groups is 1. The number of esters is 1. The Kier molecular flexibility index (Phi) is 3.10. The quantitative estimate of drug-likeness (QED) is 0.747. The normalized spacial score (nSPS) is 18.1. The predicted molar refractivity (Wildman–Crippen MR) is 59.7 cm³/mol. The van der Waals surface area contributed by atoms with Gasteiger partial charge in [0.2, 0.25) is 0 Å². The van der Waals surface area contributed by atoms with Crippen LogP contribution in [-0.4, -0.2) is 45.0 Å². The number of ether oxygens (including phenoxy) is 1. The molecular weight excluding hydrogens is 224 g/mol. The van der Waals surface area contributed by atoms with Crippen molar-refractivity contribution in [2.75, 3.05) is 13.2 Å². The molecule has 0 spiro atoms. The number of aliphatic hydroxyl groups excluding tert-OH is 1. The van der Waals surface area contributed by atoms with E-state index in [1.807, 2.05) is 0 Å². The van der Waals surface area contributed by atoms with Crippen LogP contribution in [0.15, 0.2) is 11.3 Å². The Bertz CT molecular complexity index is 454. The lowest BCUT2D eigenvalue weighted by Gasteiger charge is -2.27. The van der Waals surface area contributed by atoms with E-state index < -0.39 is 12.2 Å². The van der Waals surface area contributed by atoms with Gasteiger partial charge < -0.3 is 19.3 Å². The van der Waals surface area contributed by atoms with Crippen LogP contribution >= 0.6 is 0 Å². The fourth-order valence-electron chi connectivity index (χ4n) is 1.66. The lowest BCUT2D eigenvalue weighted by molar-refractivity contribution is -0.145. The number of aliphatic hydroxyl groups is 1. The molecule has 1 aromatic rings. The molecule has 7 nitrogen and oxygen atoms in total. The van der Waals surface area contributed by atoms with Gasteiger partial charge in [0.1, 0.15) is 12.2 Å². The van der Waals surface area contributed by atoms with Crippen LogP contribution in [0.3, 0.4) is 0 Å². The molecule has 2 heterocycles. The van der Waals surface area contributed by atoms with Gasteiger partial charge in [0.25, 0.3) is 0 Å². The Balaban J connectivity index is 2.14. The highest BCUT2D eigenvalue weighted by Gasteiger charge is 2.27. The van der Waals surface area contributed by atoms with Crippen molar-refractivity contribution in [3.05, 3.63) is 12.0 Å². The summed E-state index contributed by atoms with van der Waals surface area (Å²) in [4.78, 5) is 20.8. The van der Waals surface area contributed by atoms with E-state index >= 15 is 0 Å². The first-order valence-electron chi connectivity index (χ1n) is 5.28. The second kappa shape index (κ2) is 4.54. The fraction of sp³-hybridized carbons (Fsp3) is 0.500. The van der Waals surface area contributed by atoms with Gasteiger partial charge in [-0.1, -0.05) is 0 Å². The summed E-state index contributed by atoms with van der Waals surface area (Å²) < 4.78 is 6.49. The van der Waals surface area contributed by atoms with Gasteiger partial charge in [-0.2, -0.15) is 0 Å². The number of carbonyl (C=O) groups excluding carboxylic acids is 1. The second-order valence-corrected chi connectivity index (χ2v) is 3.66. The van der Waals surface area contributed by atoms with E-state index in [1.54, 1.807) is 24.9 Å². The minimum Gasteiger partial charge on any atom is -0.465 e. The summed E-state index contributed by atoms with van der Waals surface area (Å²) in [6.07, 6.45) is 2.04. The van der Waals surface area contributed by atoms with E-state index in [0.717, 1.165) is 0 Å². The lowest BCUT2D eigenvalue weighted by Crippen LogP contribution is -2.35. The van der Waals surface area contributed by atoms with E-state index in [9.17, 15) is 9.90 Å². The largest absolute Gasteiger partial charge is 0.465 e. The second-order valence-electron chi connectivity index (χ2n) is 3.66. The molecular formula is C10H14N4O3. The fourth-order valence-corrected chi connectivity index (χ4v) is 1.66. The first kappa shape index (κ1) is 11.6. The van der Waals surface area contributed by atoms with Crippen molar-refractivity contribution in [2.45, 2.75) is 13.2 Å². The van der Waals surface area contributed by atoms with Gasteiger partial charge in [0.05, 0.1) is 19.3 Å². The zero-order valence-electron chi connectivity index (χ0n) is 9.70. The Morgan fingerprint density at radius 1 is 1.65 bits per heavy atom. The van der Waals surface area contributed by atoms with Gasteiger partial charge >= 0.3 is 5.97 Å². The van der Waals surface area contributed by atoms with Crippen LogP contribution in [0.2, 0.25) is 0 Å². The molecule has 0 amide bonds. The molecule has 0 aromatic carbocycles. The summed E-state index contributed by atoms with van der Waals surface area (Å²) in [5, 5.41) is 10.1. The average molecular weight is 238 g/mol. The molecule has 1 aliphatic heterocycles. The summed E-state index contributed by atoms with van der Waals surface area (Å²) in [6, 6.07) is 0. The lowest BCUT2D eigenvalue weighted by atomic mass is 10.3. The van der Waals surface area contributed by atoms with Crippen LogP contribution in [0, 0.1) is 0 Å². The summed E-state index contributed by atoms with van der Waals surface area (Å²) in [7, 11) is 1.76. The number of hydrogen-bond acceptors (Lipinski definition) is 6. The SMILES string of the molecule is CCOC(=O)CN1C=Nc2ncn(C)c2C1O. The number of aliphatic imine (C=N–C) groups is 1. The molecule has 92 valence electrons. The third kappa shape index (κ3) is 2.14. The highest BCUT2D eigenvalue weighted by molar-refractivity contribution is 5.76. The van der Waals surface area contributed by atoms with Crippen molar-refractivity contribution in [2.24, 2.45) is 12.0 Å². The Morgan fingerprint density at radius 3 is 3.12 bits per heavy atom. The number of imidazole rings is 1. The molecule has 0 bridgehead atoms. The van der Waals surface area contributed by atoms with Gasteiger partial charge in [-0.15, -0.1) is 0 Å².